The maximum Gasteiger partial charge on any atom is 0.252 e. The second-order valence-electron chi connectivity index (χ2n) is 4.49. The molecule has 0 spiro atoms. The third-order valence-corrected chi connectivity index (χ3v) is 6.36. The third-order valence-electron chi connectivity index (χ3n) is 2.93. The fourth-order valence-corrected chi connectivity index (χ4v) is 4.41. The van der Waals surface area contributed by atoms with Crippen molar-refractivity contribution in [2.45, 2.75) is 30.9 Å². The monoisotopic (exact) mass is 291 g/mol. The van der Waals surface area contributed by atoms with Gasteiger partial charge in [0.05, 0.1) is 0 Å². The number of sulfonamides is 1. The summed E-state index contributed by atoms with van der Waals surface area (Å²) >= 11 is 1.24. The first-order valence-electron chi connectivity index (χ1n) is 6.07. The lowest BCUT2D eigenvalue weighted by atomic mass is 10.1. The van der Waals surface area contributed by atoms with Gasteiger partial charge in [-0.1, -0.05) is 20.3 Å². The van der Waals surface area contributed by atoms with Gasteiger partial charge in [-0.15, -0.1) is 11.3 Å². The second-order valence-corrected chi connectivity index (χ2v) is 7.93. The molecule has 1 aromatic heterocycles. The molecule has 1 rings (SSSR count). The Labute approximate surface area is 113 Å². The molecule has 0 amide bonds. The van der Waals surface area contributed by atoms with Gasteiger partial charge < -0.3 is 5.11 Å². The SMILES string of the molecule is CCC(C)CN(C)S(=O)(=O)c1ccc(CCO)s1. The Bertz CT molecular complexity index is 467. The van der Waals surface area contributed by atoms with Crippen molar-refractivity contribution in [1.29, 1.82) is 0 Å². The summed E-state index contributed by atoms with van der Waals surface area (Å²) in [4.78, 5) is 0.896. The van der Waals surface area contributed by atoms with Crippen LogP contribution >= 0.6 is 11.3 Å². The molecule has 0 aliphatic carbocycles. The van der Waals surface area contributed by atoms with Crippen LogP contribution in [0, 0.1) is 5.92 Å². The summed E-state index contributed by atoms with van der Waals surface area (Å²) in [7, 11) is -1.75. The van der Waals surface area contributed by atoms with Crippen molar-refractivity contribution in [3.05, 3.63) is 17.0 Å². The minimum atomic E-state index is -3.37. The molecule has 4 nitrogen and oxygen atoms in total. The standard InChI is InChI=1S/C12H21NO3S2/c1-4-10(2)9-13(3)18(15,16)12-6-5-11(17-12)7-8-14/h5-6,10,14H,4,7-9H2,1-3H3. The normalized spacial score (nSPS) is 14.1. The molecule has 0 saturated heterocycles. The van der Waals surface area contributed by atoms with Crippen LogP contribution in [0.15, 0.2) is 16.3 Å². The number of aliphatic hydroxyl groups is 1. The van der Waals surface area contributed by atoms with Gasteiger partial charge in [0.25, 0.3) is 10.0 Å². The van der Waals surface area contributed by atoms with Crippen molar-refractivity contribution in [2.75, 3.05) is 20.2 Å². The number of thiophene rings is 1. The summed E-state index contributed by atoms with van der Waals surface area (Å²) in [6, 6.07) is 3.39. The largest absolute Gasteiger partial charge is 0.396 e. The van der Waals surface area contributed by atoms with Gasteiger partial charge in [-0.3, -0.25) is 0 Å². The van der Waals surface area contributed by atoms with Crippen LogP contribution < -0.4 is 0 Å². The summed E-state index contributed by atoms with van der Waals surface area (Å²) in [5.41, 5.74) is 0. The van der Waals surface area contributed by atoms with E-state index in [2.05, 4.69) is 6.92 Å². The van der Waals surface area contributed by atoms with Gasteiger partial charge in [0.15, 0.2) is 0 Å². The zero-order chi connectivity index (χ0) is 13.8. The van der Waals surface area contributed by atoms with E-state index in [9.17, 15) is 8.42 Å². The Morgan fingerprint density at radius 3 is 2.67 bits per heavy atom. The lowest BCUT2D eigenvalue weighted by molar-refractivity contribution is 0.300. The van der Waals surface area contributed by atoms with E-state index in [1.54, 1.807) is 19.2 Å². The summed E-state index contributed by atoms with van der Waals surface area (Å²) in [5, 5.41) is 8.84. The van der Waals surface area contributed by atoms with Gasteiger partial charge in [0.1, 0.15) is 4.21 Å². The number of hydrogen-bond acceptors (Lipinski definition) is 4. The van der Waals surface area contributed by atoms with Crippen LogP contribution in [-0.4, -0.2) is 38.0 Å². The molecular weight excluding hydrogens is 270 g/mol. The predicted molar refractivity (Wildman–Crippen MR) is 74.4 cm³/mol. The fourth-order valence-electron chi connectivity index (χ4n) is 1.56. The smallest absolute Gasteiger partial charge is 0.252 e. The summed E-state index contributed by atoms with van der Waals surface area (Å²) < 4.78 is 26.3. The number of rotatable bonds is 7. The Morgan fingerprint density at radius 1 is 1.44 bits per heavy atom. The van der Waals surface area contributed by atoms with E-state index in [-0.39, 0.29) is 6.61 Å². The van der Waals surface area contributed by atoms with Gasteiger partial charge >= 0.3 is 0 Å². The highest BCUT2D eigenvalue weighted by Gasteiger charge is 2.23. The van der Waals surface area contributed by atoms with Gasteiger partial charge in [0, 0.05) is 31.5 Å². The highest BCUT2D eigenvalue weighted by molar-refractivity contribution is 7.91. The molecule has 0 radical (unpaired) electrons. The minimum absolute atomic E-state index is 0.0444. The van der Waals surface area contributed by atoms with Gasteiger partial charge in [0.2, 0.25) is 0 Å². The van der Waals surface area contributed by atoms with Gasteiger partial charge in [-0.2, -0.15) is 4.31 Å². The van der Waals surface area contributed by atoms with Crippen molar-refractivity contribution in [3.8, 4) is 0 Å². The molecule has 1 heterocycles. The first kappa shape index (κ1) is 15.6. The fraction of sp³-hybridized carbons (Fsp3) is 0.667. The maximum atomic E-state index is 12.3. The van der Waals surface area contributed by atoms with Crippen LogP contribution in [0.25, 0.3) is 0 Å². The van der Waals surface area contributed by atoms with Gasteiger partial charge in [-0.05, 0) is 18.1 Å². The van der Waals surface area contributed by atoms with E-state index < -0.39 is 10.0 Å². The second kappa shape index (κ2) is 6.65. The molecule has 0 saturated carbocycles. The van der Waals surface area contributed by atoms with Crippen molar-refractivity contribution >= 4 is 21.4 Å². The first-order valence-corrected chi connectivity index (χ1v) is 8.33. The molecule has 0 aromatic carbocycles. The van der Waals surface area contributed by atoms with Crippen LogP contribution in [-0.2, 0) is 16.4 Å². The van der Waals surface area contributed by atoms with E-state index in [0.29, 0.717) is 23.1 Å². The molecule has 0 fully saturated rings. The molecule has 0 aliphatic heterocycles. The molecule has 1 unspecified atom stereocenters. The molecule has 18 heavy (non-hydrogen) atoms. The van der Waals surface area contributed by atoms with E-state index >= 15 is 0 Å². The Kier molecular flexibility index (Phi) is 5.78. The highest BCUT2D eigenvalue weighted by Crippen LogP contribution is 2.25. The summed E-state index contributed by atoms with van der Waals surface area (Å²) in [5.74, 6) is 0.349. The van der Waals surface area contributed by atoms with Crippen molar-refractivity contribution in [2.24, 2.45) is 5.92 Å². The third kappa shape index (κ3) is 3.78. The highest BCUT2D eigenvalue weighted by atomic mass is 32.2. The average Bonchev–Trinajstić information content (AvgIpc) is 2.78. The first-order chi connectivity index (χ1) is 8.41. The molecule has 0 bridgehead atoms. The van der Waals surface area contributed by atoms with E-state index in [1.165, 1.54) is 15.6 Å². The van der Waals surface area contributed by atoms with Crippen LogP contribution in [0.1, 0.15) is 25.1 Å². The minimum Gasteiger partial charge on any atom is -0.396 e. The van der Waals surface area contributed by atoms with Crippen LogP contribution in [0.2, 0.25) is 0 Å². The topological polar surface area (TPSA) is 57.6 Å². The number of aliphatic hydroxyl groups excluding tert-OH is 1. The van der Waals surface area contributed by atoms with E-state index in [0.717, 1.165) is 11.3 Å². The van der Waals surface area contributed by atoms with Gasteiger partial charge in [-0.25, -0.2) is 8.42 Å². The molecule has 104 valence electrons. The van der Waals surface area contributed by atoms with Crippen LogP contribution in [0.5, 0.6) is 0 Å². The van der Waals surface area contributed by atoms with Crippen molar-refractivity contribution < 1.29 is 13.5 Å². The van der Waals surface area contributed by atoms with Crippen molar-refractivity contribution in [1.82, 2.24) is 4.31 Å². The lowest BCUT2D eigenvalue weighted by Gasteiger charge is -2.19. The van der Waals surface area contributed by atoms with Crippen LogP contribution in [0.4, 0.5) is 0 Å². The molecule has 1 atom stereocenters. The summed E-state index contributed by atoms with van der Waals surface area (Å²) in [6.45, 7) is 4.67. The molecule has 6 heteroatoms. The number of nitrogens with zero attached hydrogens (tertiary/aromatic N) is 1. The molecule has 1 aromatic rings. The maximum absolute atomic E-state index is 12.3. The molecule has 0 aliphatic rings. The number of hydrogen-bond donors (Lipinski definition) is 1. The van der Waals surface area contributed by atoms with Crippen molar-refractivity contribution in [3.63, 3.8) is 0 Å². The Hall–Kier alpha value is -0.430. The molecule has 1 N–H and O–H groups in total. The Morgan fingerprint density at radius 2 is 2.11 bits per heavy atom. The summed E-state index contributed by atoms with van der Waals surface area (Å²) in [6.07, 6.45) is 1.47. The quantitative estimate of drug-likeness (QED) is 0.835. The van der Waals surface area contributed by atoms with E-state index in [1.807, 2.05) is 6.92 Å². The zero-order valence-electron chi connectivity index (χ0n) is 11.1. The Balaban J connectivity index is 2.84. The van der Waals surface area contributed by atoms with Crippen LogP contribution in [0.3, 0.4) is 0 Å². The molecular formula is C12H21NO3S2. The predicted octanol–water partition coefficient (Wildman–Crippen LogP) is 1.95. The average molecular weight is 291 g/mol. The lowest BCUT2D eigenvalue weighted by Crippen LogP contribution is -2.30. The van der Waals surface area contributed by atoms with E-state index in [4.69, 9.17) is 5.11 Å². The zero-order valence-corrected chi connectivity index (χ0v) is 12.7.